The Bertz CT molecular complexity index is 1440. The molecule has 2 bridgehead atoms. The molecule has 184 valence electrons. The summed E-state index contributed by atoms with van der Waals surface area (Å²) in [7, 11) is 0. The van der Waals surface area contributed by atoms with Gasteiger partial charge in [0.1, 0.15) is 35.1 Å². The van der Waals surface area contributed by atoms with Gasteiger partial charge in [0.25, 0.3) is 5.91 Å². The quantitative estimate of drug-likeness (QED) is 0.372. The van der Waals surface area contributed by atoms with E-state index < -0.39 is 23.6 Å². The van der Waals surface area contributed by atoms with Crippen molar-refractivity contribution in [2.75, 3.05) is 11.9 Å². The molecule has 12 heteroatoms. The zero-order valence-corrected chi connectivity index (χ0v) is 18.6. The maximum Gasteiger partial charge on any atom is 0.433 e. The summed E-state index contributed by atoms with van der Waals surface area (Å²) in [5.41, 5.74) is -1.01. The molecule has 4 heterocycles. The lowest BCUT2D eigenvalue weighted by molar-refractivity contribution is -0.141. The Morgan fingerprint density at radius 1 is 1.06 bits per heavy atom. The number of pyridine rings is 2. The highest BCUT2D eigenvalue weighted by atomic mass is 19.4. The molecule has 0 saturated carbocycles. The molecular formula is C24H18F4N6O2. The Balaban J connectivity index is 1.57. The minimum Gasteiger partial charge on any atom is -0.493 e. The van der Waals surface area contributed by atoms with Crippen molar-refractivity contribution < 1.29 is 27.1 Å². The largest absolute Gasteiger partial charge is 0.493 e. The molecule has 1 amide bonds. The molecule has 1 aliphatic rings. The highest BCUT2D eigenvalue weighted by molar-refractivity contribution is 6.06. The van der Waals surface area contributed by atoms with Crippen molar-refractivity contribution in [3.8, 4) is 28.4 Å². The van der Waals surface area contributed by atoms with Crippen LogP contribution in [0.5, 0.6) is 5.75 Å². The fourth-order valence-electron chi connectivity index (χ4n) is 3.82. The summed E-state index contributed by atoms with van der Waals surface area (Å²) in [5.74, 6) is -0.802. The number of nitrogens with zero attached hydrogens (tertiary/aromatic N) is 5. The van der Waals surface area contributed by atoms with E-state index in [0.29, 0.717) is 30.9 Å². The summed E-state index contributed by atoms with van der Waals surface area (Å²) in [6, 6.07) is 9.13. The summed E-state index contributed by atoms with van der Waals surface area (Å²) in [6.07, 6.45) is -0.917. The second-order valence-electron chi connectivity index (χ2n) is 8.02. The molecule has 8 nitrogen and oxygen atoms in total. The SMILES string of the molecule is O=C1Nc2cccc(n2)-c2nncn2CCCCOc2cc(F)c(-c3ccnc(C(F)(F)F)c3)cc21. The predicted molar refractivity (Wildman–Crippen MR) is 121 cm³/mol. The number of carbonyl (C=O) groups is 1. The Morgan fingerprint density at radius 2 is 1.92 bits per heavy atom. The van der Waals surface area contributed by atoms with Crippen molar-refractivity contribution in [2.24, 2.45) is 0 Å². The van der Waals surface area contributed by atoms with Gasteiger partial charge in [0.15, 0.2) is 5.82 Å². The second kappa shape index (κ2) is 9.36. The minimum absolute atomic E-state index is 0.0305. The number of ether oxygens (including phenoxy) is 1. The van der Waals surface area contributed by atoms with Gasteiger partial charge in [0.2, 0.25) is 0 Å². The minimum atomic E-state index is -4.71. The van der Waals surface area contributed by atoms with Gasteiger partial charge in [-0.25, -0.2) is 9.37 Å². The Kier molecular flexibility index (Phi) is 6.08. The molecular weight excluding hydrogens is 480 g/mol. The van der Waals surface area contributed by atoms with Crippen LogP contribution in [-0.2, 0) is 12.7 Å². The Hall–Kier alpha value is -4.35. The van der Waals surface area contributed by atoms with E-state index in [4.69, 9.17) is 4.74 Å². The molecule has 0 aliphatic carbocycles. The number of amides is 1. The molecule has 3 aromatic heterocycles. The number of alkyl halides is 3. The number of rotatable bonds is 1. The molecule has 0 unspecified atom stereocenters. The van der Waals surface area contributed by atoms with Gasteiger partial charge >= 0.3 is 6.18 Å². The van der Waals surface area contributed by atoms with Crippen molar-refractivity contribution in [3.05, 3.63) is 72.1 Å². The van der Waals surface area contributed by atoms with Gasteiger partial charge in [-0.3, -0.25) is 9.78 Å². The summed E-state index contributed by atoms with van der Waals surface area (Å²) in [5, 5.41) is 10.7. The number of aromatic nitrogens is 5. The Morgan fingerprint density at radius 3 is 2.75 bits per heavy atom. The van der Waals surface area contributed by atoms with Crippen molar-refractivity contribution in [1.82, 2.24) is 24.7 Å². The maximum atomic E-state index is 15.1. The first-order valence-electron chi connectivity index (χ1n) is 11.0. The first-order chi connectivity index (χ1) is 17.3. The molecule has 0 fully saturated rings. The number of fused-ring (bicyclic) bond motifs is 5. The van der Waals surface area contributed by atoms with E-state index in [-0.39, 0.29) is 34.9 Å². The number of aryl methyl sites for hydroxylation is 1. The van der Waals surface area contributed by atoms with Crippen LogP contribution in [0.1, 0.15) is 28.9 Å². The average Bonchev–Trinajstić information content (AvgIpc) is 3.32. The van der Waals surface area contributed by atoms with Crippen LogP contribution < -0.4 is 10.1 Å². The van der Waals surface area contributed by atoms with E-state index in [2.05, 4.69) is 25.5 Å². The highest BCUT2D eigenvalue weighted by Crippen LogP contribution is 2.34. The van der Waals surface area contributed by atoms with Crippen molar-refractivity contribution in [2.45, 2.75) is 25.6 Å². The number of hydrogen-bond donors (Lipinski definition) is 1. The van der Waals surface area contributed by atoms with Crippen LogP contribution in [-0.4, -0.2) is 37.2 Å². The fraction of sp³-hybridized carbons (Fsp3) is 0.208. The molecule has 1 aliphatic heterocycles. The summed E-state index contributed by atoms with van der Waals surface area (Å²) in [6.45, 7) is 0.779. The molecule has 0 spiro atoms. The molecule has 1 aromatic carbocycles. The summed E-state index contributed by atoms with van der Waals surface area (Å²) < 4.78 is 62.1. The topological polar surface area (TPSA) is 94.8 Å². The average molecular weight is 498 g/mol. The first kappa shape index (κ1) is 23.4. The van der Waals surface area contributed by atoms with E-state index in [1.807, 2.05) is 4.57 Å². The number of anilines is 1. The number of nitrogens with one attached hydrogen (secondary N) is 1. The monoisotopic (exact) mass is 498 g/mol. The zero-order chi connectivity index (χ0) is 25.3. The highest BCUT2D eigenvalue weighted by Gasteiger charge is 2.33. The van der Waals surface area contributed by atoms with Gasteiger partial charge in [-0.15, -0.1) is 10.2 Å². The Labute approximate surface area is 202 Å². The van der Waals surface area contributed by atoms with Crippen molar-refractivity contribution >= 4 is 11.7 Å². The van der Waals surface area contributed by atoms with E-state index in [9.17, 15) is 18.0 Å². The number of halogens is 4. The van der Waals surface area contributed by atoms with Crippen molar-refractivity contribution in [1.29, 1.82) is 0 Å². The van der Waals surface area contributed by atoms with E-state index >= 15 is 4.39 Å². The number of hydrogen-bond acceptors (Lipinski definition) is 6. The summed E-state index contributed by atoms with van der Waals surface area (Å²) in [4.78, 5) is 21.0. The number of carbonyl (C=O) groups excluding carboxylic acids is 1. The van der Waals surface area contributed by atoms with Crippen molar-refractivity contribution in [3.63, 3.8) is 0 Å². The van der Waals surface area contributed by atoms with Crippen LogP contribution in [0.4, 0.5) is 23.4 Å². The normalized spacial score (nSPS) is 14.2. The first-order valence-corrected chi connectivity index (χ1v) is 11.0. The molecule has 5 rings (SSSR count). The van der Waals surface area contributed by atoms with Gasteiger partial charge in [0, 0.05) is 24.4 Å². The van der Waals surface area contributed by atoms with Crippen LogP contribution in [0.3, 0.4) is 0 Å². The molecule has 0 saturated heterocycles. The van der Waals surface area contributed by atoms with Crippen LogP contribution in [0, 0.1) is 5.82 Å². The van der Waals surface area contributed by atoms with Gasteiger partial charge < -0.3 is 14.6 Å². The standard InChI is InChI=1S/C24H18F4N6O2/c25-17-12-19-16(11-15(17)14-6-7-29-20(10-14)24(26,27)28)23(35)32-21-5-3-4-18(31-21)22-33-30-13-34(22)8-1-2-9-36-19/h3-7,10-13H,1-2,8-9H2,(H,31,32,35). The fourth-order valence-corrected chi connectivity index (χ4v) is 3.82. The lowest BCUT2D eigenvalue weighted by Crippen LogP contribution is -2.16. The number of benzene rings is 1. The lowest BCUT2D eigenvalue weighted by Gasteiger charge is -2.16. The maximum absolute atomic E-state index is 15.1. The van der Waals surface area contributed by atoms with E-state index in [0.717, 1.165) is 18.3 Å². The second-order valence-corrected chi connectivity index (χ2v) is 8.02. The third-order valence-corrected chi connectivity index (χ3v) is 5.56. The van der Waals surface area contributed by atoms with Crippen LogP contribution >= 0.6 is 0 Å². The third kappa shape index (κ3) is 4.74. The molecule has 36 heavy (non-hydrogen) atoms. The molecule has 0 radical (unpaired) electrons. The molecule has 1 N–H and O–H groups in total. The molecule has 0 atom stereocenters. The third-order valence-electron chi connectivity index (χ3n) is 5.56. The van der Waals surface area contributed by atoms with Crippen LogP contribution in [0.2, 0.25) is 0 Å². The van der Waals surface area contributed by atoms with Crippen LogP contribution in [0.15, 0.2) is 55.0 Å². The lowest BCUT2D eigenvalue weighted by atomic mass is 10.0. The zero-order valence-electron chi connectivity index (χ0n) is 18.6. The van der Waals surface area contributed by atoms with E-state index in [1.54, 1.807) is 24.5 Å². The molecule has 4 aromatic rings. The van der Waals surface area contributed by atoms with E-state index in [1.165, 1.54) is 12.1 Å². The van der Waals surface area contributed by atoms with Gasteiger partial charge in [-0.1, -0.05) is 6.07 Å². The summed E-state index contributed by atoms with van der Waals surface area (Å²) >= 11 is 0. The van der Waals surface area contributed by atoms with Gasteiger partial charge in [0.05, 0.1) is 12.2 Å². The van der Waals surface area contributed by atoms with Gasteiger partial charge in [-0.05, 0) is 48.7 Å². The smallest absolute Gasteiger partial charge is 0.433 e. The van der Waals surface area contributed by atoms with Crippen LogP contribution in [0.25, 0.3) is 22.6 Å². The van der Waals surface area contributed by atoms with Gasteiger partial charge in [-0.2, -0.15) is 13.2 Å². The predicted octanol–water partition coefficient (Wildman–Crippen LogP) is 4.98.